The van der Waals surface area contributed by atoms with Crippen molar-refractivity contribution in [2.75, 3.05) is 12.3 Å². The molecule has 0 unspecified atom stereocenters. The number of fused-ring (bicyclic) bond motifs is 1. The van der Waals surface area contributed by atoms with Crippen LogP contribution in [0.4, 0.5) is 5.82 Å². The molecule has 3 rings (SSSR count). The van der Waals surface area contributed by atoms with Gasteiger partial charge in [0.05, 0.1) is 16.8 Å². The summed E-state index contributed by atoms with van der Waals surface area (Å²) in [5.41, 5.74) is 8.65. The van der Waals surface area contributed by atoms with E-state index in [0.717, 1.165) is 5.69 Å². The molecule has 20 heavy (non-hydrogen) atoms. The molecule has 0 fully saturated rings. The van der Waals surface area contributed by atoms with Gasteiger partial charge in [0.1, 0.15) is 6.61 Å². The Kier molecular flexibility index (Phi) is 3.03. The largest absolute Gasteiger partial charge is 0.384 e. The van der Waals surface area contributed by atoms with Gasteiger partial charge in [-0.25, -0.2) is 9.50 Å². The van der Waals surface area contributed by atoms with Gasteiger partial charge in [-0.15, -0.1) is 5.10 Å². The third-order valence-electron chi connectivity index (χ3n) is 2.73. The first-order valence-electron chi connectivity index (χ1n) is 5.94. The fourth-order valence-electron chi connectivity index (χ4n) is 1.91. The second-order valence-electron chi connectivity index (χ2n) is 4.05. The van der Waals surface area contributed by atoms with Crippen LogP contribution in [0.3, 0.4) is 0 Å². The maximum Gasteiger partial charge on any atom is 0.166 e. The Morgan fingerprint density at radius 3 is 2.95 bits per heavy atom. The number of aliphatic hydroxyl groups excluding tert-OH is 1. The van der Waals surface area contributed by atoms with Crippen molar-refractivity contribution in [1.29, 1.82) is 0 Å². The molecule has 0 saturated carbocycles. The number of nitrogen functional groups attached to an aromatic ring is 1. The van der Waals surface area contributed by atoms with Gasteiger partial charge >= 0.3 is 0 Å². The Hall–Kier alpha value is -2.91. The number of nitrogens with two attached hydrogens (primary N) is 1. The second kappa shape index (κ2) is 4.99. The SMILES string of the molecule is Nc1nn2cc(C#CCO)cnc2c1-c1ccccn1. The number of rotatable bonds is 1. The predicted molar refractivity (Wildman–Crippen MR) is 74.6 cm³/mol. The zero-order valence-corrected chi connectivity index (χ0v) is 10.5. The monoisotopic (exact) mass is 265 g/mol. The van der Waals surface area contributed by atoms with Crippen molar-refractivity contribution >= 4 is 11.5 Å². The molecule has 0 bridgehead atoms. The molecule has 3 N–H and O–H groups in total. The summed E-state index contributed by atoms with van der Waals surface area (Å²) in [6.07, 6.45) is 5.03. The zero-order valence-electron chi connectivity index (χ0n) is 10.5. The summed E-state index contributed by atoms with van der Waals surface area (Å²) < 4.78 is 1.57. The molecule has 0 aliphatic carbocycles. The van der Waals surface area contributed by atoms with Crippen LogP contribution in [0.15, 0.2) is 36.8 Å². The minimum atomic E-state index is -0.196. The molecule has 0 amide bonds. The first kappa shape index (κ1) is 12.1. The van der Waals surface area contributed by atoms with E-state index in [1.54, 1.807) is 23.1 Å². The van der Waals surface area contributed by atoms with E-state index in [2.05, 4.69) is 26.9 Å². The van der Waals surface area contributed by atoms with Gasteiger partial charge in [0.25, 0.3) is 0 Å². The van der Waals surface area contributed by atoms with Gasteiger partial charge in [-0.2, -0.15) is 0 Å². The molecule has 6 heteroatoms. The minimum Gasteiger partial charge on any atom is -0.384 e. The van der Waals surface area contributed by atoms with Crippen molar-refractivity contribution in [1.82, 2.24) is 19.6 Å². The Morgan fingerprint density at radius 2 is 2.20 bits per heavy atom. The molecule has 98 valence electrons. The van der Waals surface area contributed by atoms with Crippen LogP contribution < -0.4 is 5.73 Å². The fourth-order valence-corrected chi connectivity index (χ4v) is 1.91. The molecule has 0 atom stereocenters. The molecule has 6 nitrogen and oxygen atoms in total. The number of pyridine rings is 1. The van der Waals surface area contributed by atoms with Crippen LogP contribution >= 0.6 is 0 Å². The van der Waals surface area contributed by atoms with E-state index in [-0.39, 0.29) is 6.61 Å². The zero-order chi connectivity index (χ0) is 13.9. The quantitative estimate of drug-likeness (QED) is 0.633. The Labute approximate surface area is 114 Å². The van der Waals surface area contributed by atoms with Crippen molar-refractivity contribution in [3.63, 3.8) is 0 Å². The van der Waals surface area contributed by atoms with Crippen LogP contribution in [0, 0.1) is 11.8 Å². The van der Waals surface area contributed by atoms with Crippen LogP contribution in [0.5, 0.6) is 0 Å². The summed E-state index contributed by atoms with van der Waals surface area (Å²) in [7, 11) is 0. The van der Waals surface area contributed by atoms with Crippen molar-refractivity contribution < 1.29 is 5.11 Å². The molecule has 0 saturated heterocycles. The Morgan fingerprint density at radius 1 is 1.30 bits per heavy atom. The lowest BCUT2D eigenvalue weighted by atomic mass is 10.2. The highest BCUT2D eigenvalue weighted by Crippen LogP contribution is 2.27. The van der Waals surface area contributed by atoms with E-state index < -0.39 is 0 Å². The maximum absolute atomic E-state index is 8.69. The van der Waals surface area contributed by atoms with Crippen LogP contribution in [0.1, 0.15) is 5.56 Å². The lowest BCUT2D eigenvalue weighted by molar-refractivity contribution is 0.350. The lowest BCUT2D eigenvalue weighted by Crippen LogP contribution is -1.92. The predicted octanol–water partition coefficient (Wildman–Crippen LogP) is 0.717. The van der Waals surface area contributed by atoms with E-state index in [4.69, 9.17) is 10.8 Å². The van der Waals surface area contributed by atoms with Gasteiger partial charge in [0.15, 0.2) is 11.5 Å². The van der Waals surface area contributed by atoms with E-state index >= 15 is 0 Å². The highest BCUT2D eigenvalue weighted by atomic mass is 16.2. The van der Waals surface area contributed by atoms with E-state index in [0.29, 0.717) is 22.6 Å². The molecule has 0 aromatic carbocycles. The number of nitrogens with zero attached hydrogens (tertiary/aromatic N) is 4. The smallest absolute Gasteiger partial charge is 0.166 e. The van der Waals surface area contributed by atoms with Crippen molar-refractivity contribution in [2.24, 2.45) is 0 Å². The highest BCUT2D eigenvalue weighted by molar-refractivity contribution is 5.84. The van der Waals surface area contributed by atoms with Crippen LogP contribution in [-0.4, -0.2) is 31.3 Å². The summed E-state index contributed by atoms with van der Waals surface area (Å²) in [5, 5.41) is 12.9. The van der Waals surface area contributed by atoms with Gasteiger partial charge in [0, 0.05) is 18.6 Å². The molecule has 0 radical (unpaired) electrons. The molecule has 3 aromatic rings. The molecule has 0 aliphatic rings. The summed E-state index contributed by atoms with van der Waals surface area (Å²) >= 11 is 0. The molecular weight excluding hydrogens is 254 g/mol. The van der Waals surface area contributed by atoms with E-state index in [1.807, 2.05) is 18.2 Å². The molecule has 0 aliphatic heterocycles. The average Bonchev–Trinajstić information content (AvgIpc) is 2.81. The number of aliphatic hydroxyl groups is 1. The van der Waals surface area contributed by atoms with Crippen molar-refractivity contribution in [3.8, 4) is 23.1 Å². The number of aromatic nitrogens is 4. The van der Waals surface area contributed by atoms with Crippen molar-refractivity contribution in [3.05, 3.63) is 42.4 Å². The molecule has 0 spiro atoms. The van der Waals surface area contributed by atoms with Crippen LogP contribution in [0.2, 0.25) is 0 Å². The maximum atomic E-state index is 8.69. The minimum absolute atomic E-state index is 0.196. The average molecular weight is 265 g/mol. The van der Waals surface area contributed by atoms with Crippen LogP contribution in [0.25, 0.3) is 16.9 Å². The summed E-state index contributed by atoms with van der Waals surface area (Å²) in [5.74, 6) is 5.70. The topological polar surface area (TPSA) is 89.3 Å². The van der Waals surface area contributed by atoms with E-state index in [9.17, 15) is 0 Å². The standard InChI is InChI=1S/C14H11N5O/c15-13-12(11-5-1-2-6-16-11)14-17-8-10(4-3-7-20)9-19(14)18-13/h1-2,5-6,8-9,20H,7H2,(H2,15,18). The van der Waals surface area contributed by atoms with Gasteiger partial charge < -0.3 is 10.8 Å². The summed E-state index contributed by atoms with van der Waals surface area (Å²) in [6, 6.07) is 5.57. The van der Waals surface area contributed by atoms with Crippen molar-refractivity contribution in [2.45, 2.75) is 0 Å². The third kappa shape index (κ3) is 2.06. The van der Waals surface area contributed by atoms with Gasteiger partial charge in [0.2, 0.25) is 0 Å². The summed E-state index contributed by atoms with van der Waals surface area (Å²) in [6.45, 7) is -0.196. The van der Waals surface area contributed by atoms with E-state index in [1.165, 1.54) is 0 Å². The first-order chi connectivity index (χ1) is 9.79. The number of hydrogen-bond acceptors (Lipinski definition) is 5. The van der Waals surface area contributed by atoms with Gasteiger partial charge in [-0.05, 0) is 12.1 Å². The molecule has 3 aromatic heterocycles. The molecule has 3 heterocycles. The summed E-state index contributed by atoms with van der Waals surface area (Å²) in [4.78, 5) is 8.60. The van der Waals surface area contributed by atoms with Crippen LogP contribution in [-0.2, 0) is 0 Å². The Balaban J connectivity index is 2.18. The first-order valence-corrected chi connectivity index (χ1v) is 5.94. The van der Waals surface area contributed by atoms with Gasteiger partial charge in [-0.1, -0.05) is 17.9 Å². The second-order valence-corrected chi connectivity index (χ2v) is 4.05. The third-order valence-corrected chi connectivity index (χ3v) is 2.73. The highest BCUT2D eigenvalue weighted by Gasteiger charge is 2.14. The Bertz CT molecular complexity index is 814. The van der Waals surface area contributed by atoms with Gasteiger partial charge in [-0.3, -0.25) is 4.98 Å². The number of hydrogen-bond donors (Lipinski definition) is 2. The normalized spacial score (nSPS) is 10.2. The lowest BCUT2D eigenvalue weighted by Gasteiger charge is -1.98. The fraction of sp³-hybridized carbons (Fsp3) is 0.0714. The number of anilines is 1. The molecular formula is C14H11N5O.